The van der Waals surface area contributed by atoms with Gasteiger partial charge in [-0.25, -0.2) is 9.97 Å². The van der Waals surface area contributed by atoms with Gasteiger partial charge in [0, 0.05) is 56.2 Å². The fourth-order valence-electron chi connectivity index (χ4n) is 4.50. The fourth-order valence-corrected chi connectivity index (χ4v) is 4.50. The highest BCUT2D eigenvalue weighted by molar-refractivity contribution is 6.11. The fraction of sp³-hybridized carbons (Fsp3) is 0.500. The molecule has 1 amide bonds. The van der Waals surface area contributed by atoms with Gasteiger partial charge in [-0.3, -0.25) is 4.79 Å². The Morgan fingerprint density at radius 1 is 1.39 bits per heavy atom. The van der Waals surface area contributed by atoms with Gasteiger partial charge in [0.05, 0.1) is 11.0 Å². The number of carbonyl (C=O) groups excluding carboxylic acids is 1. The molecule has 0 bridgehead atoms. The standard InChI is InChI=1S/C20H25N7O/c1-26(18-16-4-5-22-17(16)24-12-25-18)15-6-20(7-15)10-27(11-20)19(28)13(8-21)9-23-14-2-3-14/h4-5,8-9,12,14-15,21,23H,2-3,6-7,10-11H2,1H3,(H,22,24,25)/b13-9+,21-8?. The first-order chi connectivity index (χ1) is 13.6. The predicted octanol–water partition coefficient (Wildman–Crippen LogP) is 1.67. The molecule has 8 nitrogen and oxygen atoms in total. The van der Waals surface area contributed by atoms with Gasteiger partial charge in [0.1, 0.15) is 17.8 Å². The van der Waals surface area contributed by atoms with Crippen LogP contribution in [0.1, 0.15) is 25.7 Å². The highest BCUT2D eigenvalue weighted by Crippen LogP contribution is 2.51. The number of amides is 1. The third-order valence-electron chi connectivity index (χ3n) is 6.35. The van der Waals surface area contributed by atoms with E-state index in [1.807, 2.05) is 17.2 Å². The summed E-state index contributed by atoms with van der Waals surface area (Å²) < 4.78 is 0. The molecule has 2 aromatic rings. The maximum Gasteiger partial charge on any atom is 0.256 e. The molecule has 5 rings (SSSR count). The zero-order chi connectivity index (χ0) is 19.3. The number of aromatic amines is 1. The number of anilines is 1. The van der Waals surface area contributed by atoms with Gasteiger partial charge < -0.3 is 25.5 Å². The quantitative estimate of drug-likeness (QED) is 0.524. The van der Waals surface area contributed by atoms with Crippen molar-refractivity contribution in [2.75, 3.05) is 25.0 Å². The highest BCUT2D eigenvalue weighted by atomic mass is 16.2. The van der Waals surface area contributed by atoms with Crippen LogP contribution in [0.15, 0.2) is 30.4 Å². The van der Waals surface area contributed by atoms with Crippen LogP contribution in [-0.2, 0) is 4.79 Å². The van der Waals surface area contributed by atoms with Crippen LogP contribution in [0, 0.1) is 10.8 Å². The molecule has 2 aliphatic carbocycles. The summed E-state index contributed by atoms with van der Waals surface area (Å²) >= 11 is 0. The Balaban J connectivity index is 1.18. The summed E-state index contributed by atoms with van der Waals surface area (Å²) in [5, 5.41) is 11.8. The number of likely N-dealkylation sites (tertiary alicyclic amines) is 1. The van der Waals surface area contributed by atoms with Gasteiger partial charge in [0.25, 0.3) is 5.91 Å². The van der Waals surface area contributed by atoms with E-state index < -0.39 is 0 Å². The highest BCUT2D eigenvalue weighted by Gasteiger charge is 2.55. The molecule has 0 atom stereocenters. The van der Waals surface area contributed by atoms with Gasteiger partial charge in [0.2, 0.25) is 0 Å². The minimum absolute atomic E-state index is 0.0320. The zero-order valence-corrected chi connectivity index (χ0v) is 16.0. The molecule has 2 aromatic heterocycles. The van der Waals surface area contributed by atoms with Gasteiger partial charge in [-0.15, -0.1) is 0 Å². The number of aromatic nitrogens is 3. The van der Waals surface area contributed by atoms with E-state index in [2.05, 4.69) is 32.2 Å². The molecule has 3 heterocycles. The number of hydrogen-bond acceptors (Lipinski definition) is 6. The number of H-pyrrole nitrogens is 1. The van der Waals surface area contributed by atoms with Crippen LogP contribution >= 0.6 is 0 Å². The van der Waals surface area contributed by atoms with Crippen molar-refractivity contribution in [1.82, 2.24) is 25.2 Å². The van der Waals surface area contributed by atoms with Crippen molar-refractivity contribution in [3.8, 4) is 0 Å². The molecule has 2 saturated carbocycles. The number of nitrogens with zero attached hydrogens (tertiary/aromatic N) is 4. The largest absolute Gasteiger partial charge is 0.387 e. The van der Waals surface area contributed by atoms with E-state index in [1.54, 1.807) is 12.5 Å². The topological polar surface area (TPSA) is 101 Å². The molecule has 1 spiro atoms. The third kappa shape index (κ3) is 2.83. The Bertz CT molecular complexity index is 946. The summed E-state index contributed by atoms with van der Waals surface area (Å²) in [5.41, 5.74) is 1.54. The monoisotopic (exact) mass is 379 g/mol. The Labute approximate surface area is 163 Å². The molecule has 0 radical (unpaired) electrons. The van der Waals surface area contributed by atoms with E-state index in [0.717, 1.165) is 61.8 Å². The predicted molar refractivity (Wildman–Crippen MR) is 107 cm³/mol. The molecule has 3 N–H and O–H groups in total. The van der Waals surface area contributed by atoms with Crippen LogP contribution < -0.4 is 10.2 Å². The second-order valence-corrected chi connectivity index (χ2v) is 8.46. The summed E-state index contributed by atoms with van der Waals surface area (Å²) in [6, 6.07) is 2.93. The zero-order valence-electron chi connectivity index (χ0n) is 16.0. The first-order valence-corrected chi connectivity index (χ1v) is 9.85. The van der Waals surface area contributed by atoms with E-state index in [1.165, 1.54) is 0 Å². The third-order valence-corrected chi connectivity index (χ3v) is 6.35. The number of rotatable bonds is 6. The van der Waals surface area contributed by atoms with E-state index in [9.17, 15) is 4.79 Å². The van der Waals surface area contributed by atoms with Crippen LogP contribution in [0.4, 0.5) is 5.82 Å². The first-order valence-electron chi connectivity index (χ1n) is 9.85. The SMILES string of the molecule is CN(c1ncnc2[nH]ccc12)C1CC2(C1)CN(C(=O)/C(C=N)=C/NC1CC1)C2. The van der Waals surface area contributed by atoms with E-state index in [0.29, 0.717) is 17.7 Å². The van der Waals surface area contributed by atoms with Crippen molar-refractivity contribution in [2.45, 2.75) is 37.8 Å². The van der Waals surface area contributed by atoms with Crippen LogP contribution in [0.25, 0.3) is 11.0 Å². The average Bonchev–Trinajstić information content (AvgIpc) is 3.33. The maximum absolute atomic E-state index is 12.6. The number of carbonyl (C=O) groups is 1. The van der Waals surface area contributed by atoms with Crippen molar-refractivity contribution in [3.63, 3.8) is 0 Å². The molecule has 28 heavy (non-hydrogen) atoms. The average molecular weight is 379 g/mol. The molecule has 0 aromatic carbocycles. The number of nitrogens with one attached hydrogen (secondary N) is 3. The van der Waals surface area contributed by atoms with Gasteiger partial charge in [-0.05, 0) is 31.7 Å². The van der Waals surface area contributed by atoms with E-state index in [4.69, 9.17) is 5.41 Å². The molecule has 1 aliphatic heterocycles. The lowest BCUT2D eigenvalue weighted by atomic mass is 9.60. The lowest BCUT2D eigenvalue weighted by Gasteiger charge is -2.60. The van der Waals surface area contributed by atoms with Crippen molar-refractivity contribution >= 4 is 29.0 Å². The molecular weight excluding hydrogens is 354 g/mol. The second-order valence-electron chi connectivity index (χ2n) is 8.46. The molecule has 1 saturated heterocycles. The number of hydrogen-bond donors (Lipinski definition) is 3. The summed E-state index contributed by atoms with van der Waals surface area (Å²) in [6.45, 7) is 1.57. The molecule has 8 heteroatoms. The molecular formula is C20H25N7O. The van der Waals surface area contributed by atoms with E-state index in [-0.39, 0.29) is 11.3 Å². The molecule has 0 unspecified atom stereocenters. The minimum Gasteiger partial charge on any atom is -0.387 e. The van der Waals surface area contributed by atoms with E-state index >= 15 is 0 Å². The van der Waals surface area contributed by atoms with Crippen molar-refractivity contribution < 1.29 is 4.79 Å². The number of fused-ring (bicyclic) bond motifs is 1. The second kappa shape index (κ2) is 6.32. The summed E-state index contributed by atoms with van der Waals surface area (Å²) in [5.74, 6) is 0.925. The Morgan fingerprint density at radius 2 is 2.18 bits per heavy atom. The van der Waals surface area contributed by atoms with Crippen LogP contribution in [0.3, 0.4) is 0 Å². The first kappa shape index (κ1) is 17.2. The minimum atomic E-state index is -0.0320. The molecule has 3 aliphatic rings. The lowest BCUT2D eigenvalue weighted by Crippen LogP contribution is -2.67. The smallest absolute Gasteiger partial charge is 0.256 e. The lowest BCUT2D eigenvalue weighted by molar-refractivity contribution is -0.146. The normalized spacial score (nSPS) is 21.3. The van der Waals surface area contributed by atoms with Crippen LogP contribution in [0.5, 0.6) is 0 Å². The summed E-state index contributed by atoms with van der Waals surface area (Å²) in [7, 11) is 2.09. The maximum atomic E-state index is 12.6. The Morgan fingerprint density at radius 3 is 2.89 bits per heavy atom. The van der Waals surface area contributed by atoms with Crippen molar-refractivity contribution in [2.24, 2.45) is 5.41 Å². The Kier molecular flexibility index (Phi) is 3.89. The van der Waals surface area contributed by atoms with Crippen molar-refractivity contribution in [1.29, 1.82) is 5.41 Å². The van der Waals surface area contributed by atoms with Gasteiger partial charge >= 0.3 is 0 Å². The summed E-state index contributed by atoms with van der Waals surface area (Å²) in [4.78, 5) is 28.6. The van der Waals surface area contributed by atoms with Gasteiger partial charge in [0.15, 0.2) is 0 Å². The van der Waals surface area contributed by atoms with Crippen LogP contribution in [-0.4, -0.2) is 64.2 Å². The van der Waals surface area contributed by atoms with Gasteiger partial charge in [-0.1, -0.05) is 0 Å². The van der Waals surface area contributed by atoms with Crippen LogP contribution in [0.2, 0.25) is 0 Å². The summed E-state index contributed by atoms with van der Waals surface area (Å²) in [6.07, 6.45) is 10.8. The van der Waals surface area contributed by atoms with Gasteiger partial charge in [-0.2, -0.15) is 0 Å². The molecule has 3 fully saturated rings. The molecule has 146 valence electrons. The Hall–Kier alpha value is -2.90. The van der Waals surface area contributed by atoms with Crippen molar-refractivity contribution in [3.05, 3.63) is 30.4 Å².